The van der Waals surface area contributed by atoms with E-state index in [1.165, 1.54) is 29.5 Å². The van der Waals surface area contributed by atoms with E-state index >= 15 is 0 Å². The Kier molecular flexibility index (Phi) is 3.14. The fourth-order valence-electron chi connectivity index (χ4n) is 6.27. The summed E-state index contributed by atoms with van der Waals surface area (Å²) in [6.45, 7) is 0. The molecule has 1 fully saturated rings. The summed E-state index contributed by atoms with van der Waals surface area (Å²) in [5.41, 5.74) is 5.07. The molecule has 2 nitrogen and oxygen atoms in total. The number of ketones is 2. The molecular weight excluding hydrogens is 296 g/mol. The van der Waals surface area contributed by atoms with Crippen molar-refractivity contribution in [3.63, 3.8) is 0 Å². The van der Waals surface area contributed by atoms with Crippen molar-refractivity contribution >= 4 is 11.6 Å². The minimum atomic E-state index is -0.00891. The molecule has 1 saturated carbocycles. The topological polar surface area (TPSA) is 34.1 Å². The minimum Gasteiger partial charge on any atom is -0.299 e. The molecule has 5 rings (SSSR count). The van der Waals surface area contributed by atoms with Crippen LogP contribution in [0.5, 0.6) is 0 Å². The zero-order valence-corrected chi connectivity index (χ0v) is 14.1. The first-order valence-corrected chi connectivity index (χ1v) is 9.57. The Labute approximate surface area is 143 Å². The van der Waals surface area contributed by atoms with Crippen molar-refractivity contribution in [2.75, 3.05) is 0 Å². The number of hydrogen-bond donors (Lipinski definition) is 0. The first-order valence-electron chi connectivity index (χ1n) is 9.57. The number of benzene rings is 1. The van der Waals surface area contributed by atoms with E-state index in [0.717, 1.165) is 37.7 Å². The molecule has 0 radical (unpaired) electrons. The third kappa shape index (κ3) is 1.89. The van der Waals surface area contributed by atoms with Gasteiger partial charge in [-0.15, -0.1) is 0 Å². The number of hydrogen-bond acceptors (Lipinski definition) is 2. The molecule has 0 heterocycles. The monoisotopic (exact) mass is 320 g/mol. The van der Waals surface area contributed by atoms with Gasteiger partial charge in [-0.1, -0.05) is 42.7 Å². The summed E-state index contributed by atoms with van der Waals surface area (Å²) in [5, 5.41) is 0. The van der Waals surface area contributed by atoms with Gasteiger partial charge in [-0.2, -0.15) is 0 Å². The number of carbonyl (C=O) groups excluding carboxylic acids is 2. The molecule has 2 unspecified atom stereocenters. The summed E-state index contributed by atoms with van der Waals surface area (Å²) < 4.78 is 0. The van der Waals surface area contributed by atoms with Crippen molar-refractivity contribution in [1.82, 2.24) is 0 Å². The fourth-order valence-corrected chi connectivity index (χ4v) is 6.27. The Hall–Kier alpha value is -1.70. The lowest BCUT2D eigenvalue weighted by molar-refractivity contribution is -0.123. The van der Waals surface area contributed by atoms with Gasteiger partial charge in [0, 0.05) is 24.3 Å². The van der Waals surface area contributed by atoms with Gasteiger partial charge in [0.1, 0.15) is 5.78 Å². The molecule has 2 atom stereocenters. The molecule has 1 aromatic carbocycles. The zero-order chi connectivity index (χ0) is 16.3. The second kappa shape index (κ2) is 5.15. The van der Waals surface area contributed by atoms with Gasteiger partial charge in [0.05, 0.1) is 0 Å². The highest BCUT2D eigenvalue weighted by molar-refractivity contribution is 6.01. The van der Waals surface area contributed by atoms with Gasteiger partial charge < -0.3 is 0 Å². The van der Waals surface area contributed by atoms with Crippen LogP contribution in [0, 0.1) is 11.3 Å². The Morgan fingerprint density at radius 1 is 0.958 bits per heavy atom. The second-order valence-electron chi connectivity index (χ2n) is 8.29. The Balaban J connectivity index is 1.73. The molecule has 1 spiro atoms. The lowest BCUT2D eigenvalue weighted by Crippen LogP contribution is -2.43. The van der Waals surface area contributed by atoms with Crippen LogP contribution in [0.15, 0.2) is 35.4 Å². The van der Waals surface area contributed by atoms with E-state index in [9.17, 15) is 9.59 Å². The van der Waals surface area contributed by atoms with Gasteiger partial charge in [0.2, 0.25) is 0 Å². The van der Waals surface area contributed by atoms with Crippen LogP contribution in [0.4, 0.5) is 0 Å². The molecule has 0 aliphatic heterocycles. The first-order chi connectivity index (χ1) is 11.7. The summed E-state index contributed by atoms with van der Waals surface area (Å²) in [7, 11) is 0. The van der Waals surface area contributed by atoms with Gasteiger partial charge in [-0.25, -0.2) is 0 Å². The van der Waals surface area contributed by atoms with Crippen molar-refractivity contribution in [3.05, 3.63) is 46.5 Å². The highest BCUT2D eigenvalue weighted by Gasteiger charge is 2.53. The minimum absolute atomic E-state index is 0.00891. The third-order valence-electron chi connectivity index (χ3n) is 7.10. The van der Waals surface area contributed by atoms with Crippen LogP contribution in [-0.4, -0.2) is 11.6 Å². The Morgan fingerprint density at radius 2 is 1.75 bits per heavy atom. The lowest BCUT2D eigenvalue weighted by Gasteiger charge is -2.48. The van der Waals surface area contributed by atoms with Crippen LogP contribution in [0.25, 0.3) is 0 Å². The van der Waals surface area contributed by atoms with Crippen molar-refractivity contribution in [2.45, 2.75) is 63.7 Å². The Bertz CT molecular complexity index is 764. The molecule has 2 heteroatoms. The van der Waals surface area contributed by atoms with E-state index in [0.29, 0.717) is 30.3 Å². The number of rotatable bonds is 0. The van der Waals surface area contributed by atoms with E-state index in [1.807, 2.05) is 0 Å². The van der Waals surface area contributed by atoms with Gasteiger partial charge in [-0.3, -0.25) is 9.59 Å². The molecule has 24 heavy (non-hydrogen) atoms. The van der Waals surface area contributed by atoms with Gasteiger partial charge in [0.15, 0.2) is 5.78 Å². The zero-order valence-electron chi connectivity index (χ0n) is 14.1. The summed E-state index contributed by atoms with van der Waals surface area (Å²) >= 11 is 0. The van der Waals surface area contributed by atoms with Crippen LogP contribution in [0.2, 0.25) is 0 Å². The van der Waals surface area contributed by atoms with Gasteiger partial charge in [-0.05, 0) is 54.6 Å². The maximum absolute atomic E-state index is 13.0. The summed E-state index contributed by atoms with van der Waals surface area (Å²) in [6.07, 6.45) is 8.94. The molecule has 1 aromatic rings. The third-order valence-corrected chi connectivity index (χ3v) is 7.10. The van der Waals surface area contributed by atoms with E-state index in [4.69, 9.17) is 0 Å². The Morgan fingerprint density at radius 3 is 2.58 bits per heavy atom. The summed E-state index contributed by atoms with van der Waals surface area (Å²) in [5.74, 6) is 1.02. The first kappa shape index (κ1) is 14.6. The predicted molar refractivity (Wildman–Crippen MR) is 92.8 cm³/mol. The summed E-state index contributed by atoms with van der Waals surface area (Å²) in [6, 6.07) is 8.53. The van der Waals surface area contributed by atoms with Gasteiger partial charge >= 0.3 is 0 Å². The van der Waals surface area contributed by atoms with Crippen molar-refractivity contribution in [1.29, 1.82) is 0 Å². The van der Waals surface area contributed by atoms with Crippen LogP contribution in [-0.2, 0) is 16.0 Å². The van der Waals surface area contributed by atoms with E-state index in [2.05, 4.69) is 24.3 Å². The van der Waals surface area contributed by atoms with Crippen LogP contribution < -0.4 is 0 Å². The van der Waals surface area contributed by atoms with E-state index in [1.54, 1.807) is 0 Å². The predicted octanol–water partition coefficient (Wildman–Crippen LogP) is 4.53. The van der Waals surface area contributed by atoms with Crippen molar-refractivity contribution < 1.29 is 9.59 Å². The molecule has 0 N–H and O–H groups in total. The quantitative estimate of drug-likeness (QED) is 0.704. The molecule has 124 valence electrons. The molecular formula is C22H24O2. The normalized spacial score (nSPS) is 31.0. The number of fused-ring (bicyclic) bond motifs is 5. The number of Topliss-reactive ketones (excluding diaryl/α,β-unsaturated/α-hetero) is 2. The van der Waals surface area contributed by atoms with Crippen LogP contribution in [0.1, 0.15) is 68.4 Å². The van der Waals surface area contributed by atoms with E-state index in [-0.39, 0.29) is 11.3 Å². The maximum atomic E-state index is 13.0. The van der Waals surface area contributed by atoms with Crippen molar-refractivity contribution in [3.8, 4) is 0 Å². The molecule has 4 aliphatic rings. The van der Waals surface area contributed by atoms with Gasteiger partial charge in [0.25, 0.3) is 0 Å². The molecule has 4 aliphatic carbocycles. The highest BCUT2D eigenvalue weighted by atomic mass is 16.1. The smallest absolute Gasteiger partial charge is 0.159 e. The van der Waals surface area contributed by atoms with Crippen LogP contribution >= 0.6 is 0 Å². The highest BCUT2D eigenvalue weighted by Crippen LogP contribution is 2.61. The van der Waals surface area contributed by atoms with Crippen molar-refractivity contribution in [2.24, 2.45) is 11.3 Å². The molecule has 0 saturated heterocycles. The lowest BCUT2D eigenvalue weighted by atomic mass is 9.54. The SMILES string of the molecule is O=C1CCCC2=C1C1(CCCC1)CC1c3ccccc3CC(=O)C21. The summed E-state index contributed by atoms with van der Waals surface area (Å²) in [4.78, 5) is 25.9. The molecule has 0 aromatic heterocycles. The van der Waals surface area contributed by atoms with Crippen LogP contribution in [0.3, 0.4) is 0 Å². The maximum Gasteiger partial charge on any atom is 0.159 e. The largest absolute Gasteiger partial charge is 0.299 e. The second-order valence-corrected chi connectivity index (χ2v) is 8.29. The standard InChI is InChI=1S/C22H24O2/c23-18-9-5-8-16-20-17(13-22(21(16)18)10-3-4-11-22)15-7-2-1-6-14(15)12-19(20)24/h1-2,6-7,17,20H,3-5,8-13H2. The molecule has 0 bridgehead atoms. The number of carbonyl (C=O) groups is 2. The fraction of sp³-hybridized carbons (Fsp3) is 0.545. The average molecular weight is 320 g/mol. The average Bonchev–Trinajstić information content (AvgIpc) is 3.03. The number of allylic oxidation sites excluding steroid dienone is 2. The molecule has 0 amide bonds. The van der Waals surface area contributed by atoms with E-state index < -0.39 is 0 Å².